The molecular formula is C34H26N4O2. The first-order valence-electron chi connectivity index (χ1n) is 12.9. The zero-order valence-corrected chi connectivity index (χ0v) is 21.8. The number of amides is 1. The minimum atomic E-state index is -0.455. The number of benzene rings is 5. The van der Waals surface area contributed by atoms with Crippen LogP contribution in [0.3, 0.4) is 0 Å². The first kappa shape index (κ1) is 24.8. The van der Waals surface area contributed by atoms with Crippen molar-refractivity contribution in [2.45, 2.75) is 6.92 Å². The number of aryl methyl sites for hydroxylation is 1. The molecule has 0 atom stereocenters. The van der Waals surface area contributed by atoms with Gasteiger partial charge < -0.3 is 5.11 Å². The van der Waals surface area contributed by atoms with Crippen LogP contribution in [0.25, 0.3) is 38.8 Å². The number of carbonyl (C=O) groups is 1. The van der Waals surface area contributed by atoms with Gasteiger partial charge in [-0.2, -0.15) is 10.2 Å². The van der Waals surface area contributed by atoms with E-state index in [-0.39, 0.29) is 11.4 Å². The van der Waals surface area contributed by atoms with Crippen LogP contribution in [-0.2, 0) is 0 Å². The standard InChI is InChI=1S/C34H26N4O2/c1-23-11-18-28(19-12-23)38-32(27-15-13-25(14-16-27)24-7-3-2-4-8-24)21-31(37-38)34(40)36-35-22-30-29-10-6-5-9-26(29)17-20-33(30)39/h2-22,39H,1H3,(H,36,40)/b35-22-. The summed E-state index contributed by atoms with van der Waals surface area (Å²) in [5, 5.41) is 21.0. The fourth-order valence-corrected chi connectivity index (χ4v) is 4.68. The summed E-state index contributed by atoms with van der Waals surface area (Å²) in [5.74, 6) is -0.370. The van der Waals surface area contributed by atoms with E-state index in [0.717, 1.165) is 44.4 Å². The lowest BCUT2D eigenvalue weighted by Gasteiger charge is -2.09. The van der Waals surface area contributed by atoms with Crippen molar-refractivity contribution in [1.82, 2.24) is 15.2 Å². The number of hydrogen-bond acceptors (Lipinski definition) is 4. The van der Waals surface area contributed by atoms with E-state index >= 15 is 0 Å². The molecule has 0 bridgehead atoms. The van der Waals surface area contributed by atoms with Crippen LogP contribution in [0.1, 0.15) is 21.6 Å². The van der Waals surface area contributed by atoms with Crippen molar-refractivity contribution in [3.63, 3.8) is 0 Å². The molecule has 194 valence electrons. The van der Waals surface area contributed by atoms with E-state index in [1.807, 2.05) is 91.9 Å². The number of hydrogen-bond donors (Lipinski definition) is 2. The van der Waals surface area contributed by atoms with Gasteiger partial charge in [0.25, 0.3) is 5.91 Å². The largest absolute Gasteiger partial charge is 0.507 e. The predicted molar refractivity (Wildman–Crippen MR) is 160 cm³/mol. The summed E-state index contributed by atoms with van der Waals surface area (Å²) < 4.78 is 1.77. The summed E-state index contributed by atoms with van der Waals surface area (Å²) in [6, 6.07) is 39.3. The molecule has 6 rings (SSSR count). The van der Waals surface area contributed by atoms with Crippen molar-refractivity contribution >= 4 is 22.9 Å². The Morgan fingerprint density at radius 2 is 1.48 bits per heavy atom. The van der Waals surface area contributed by atoms with Crippen LogP contribution in [-0.4, -0.2) is 27.0 Å². The van der Waals surface area contributed by atoms with Crippen molar-refractivity contribution in [1.29, 1.82) is 0 Å². The van der Waals surface area contributed by atoms with E-state index in [1.165, 1.54) is 6.21 Å². The third-order valence-electron chi connectivity index (χ3n) is 6.82. The Hall–Kier alpha value is -5.49. The van der Waals surface area contributed by atoms with Crippen molar-refractivity contribution in [3.8, 4) is 33.8 Å². The maximum absolute atomic E-state index is 13.1. The van der Waals surface area contributed by atoms with Crippen molar-refractivity contribution in [2.75, 3.05) is 0 Å². The molecule has 0 aliphatic heterocycles. The first-order chi connectivity index (χ1) is 19.6. The Morgan fingerprint density at radius 3 is 2.25 bits per heavy atom. The highest BCUT2D eigenvalue weighted by Crippen LogP contribution is 2.28. The quantitative estimate of drug-likeness (QED) is 0.180. The zero-order valence-electron chi connectivity index (χ0n) is 21.8. The molecule has 2 N–H and O–H groups in total. The first-order valence-corrected chi connectivity index (χ1v) is 12.9. The van der Waals surface area contributed by atoms with Gasteiger partial charge in [-0.3, -0.25) is 4.79 Å². The summed E-state index contributed by atoms with van der Waals surface area (Å²) in [4.78, 5) is 13.1. The van der Waals surface area contributed by atoms with Crippen LogP contribution in [0.15, 0.2) is 126 Å². The number of carbonyl (C=O) groups excluding carboxylic acids is 1. The normalized spacial score (nSPS) is 11.2. The lowest BCUT2D eigenvalue weighted by molar-refractivity contribution is 0.0949. The molecule has 0 saturated heterocycles. The van der Waals surface area contributed by atoms with Crippen LogP contribution in [0.4, 0.5) is 0 Å². The highest BCUT2D eigenvalue weighted by atomic mass is 16.3. The molecule has 6 aromatic rings. The molecule has 0 unspecified atom stereocenters. The van der Waals surface area contributed by atoms with Crippen LogP contribution < -0.4 is 5.43 Å². The zero-order chi connectivity index (χ0) is 27.5. The van der Waals surface area contributed by atoms with E-state index in [2.05, 4.69) is 39.9 Å². The van der Waals surface area contributed by atoms with E-state index in [9.17, 15) is 9.90 Å². The molecule has 5 aromatic carbocycles. The molecular weight excluding hydrogens is 496 g/mol. The Bertz CT molecular complexity index is 1840. The van der Waals surface area contributed by atoms with Gasteiger partial charge in [0, 0.05) is 11.1 Å². The molecule has 0 aliphatic rings. The molecule has 0 saturated carbocycles. The number of phenolic OH excluding ortho intramolecular Hbond substituents is 1. The van der Waals surface area contributed by atoms with E-state index in [0.29, 0.717) is 5.56 Å². The highest BCUT2D eigenvalue weighted by Gasteiger charge is 2.17. The van der Waals surface area contributed by atoms with E-state index < -0.39 is 5.91 Å². The third kappa shape index (κ3) is 4.98. The second-order valence-corrected chi connectivity index (χ2v) is 9.52. The third-order valence-corrected chi connectivity index (χ3v) is 6.82. The summed E-state index contributed by atoms with van der Waals surface area (Å²) in [7, 11) is 0. The van der Waals surface area contributed by atoms with Crippen LogP contribution >= 0.6 is 0 Å². The lowest BCUT2D eigenvalue weighted by atomic mass is 10.0. The number of nitrogens with zero attached hydrogens (tertiary/aromatic N) is 3. The topological polar surface area (TPSA) is 79.5 Å². The fraction of sp³-hybridized carbons (Fsp3) is 0.0294. The highest BCUT2D eigenvalue weighted by molar-refractivity contribution is 6.03. The average Bonchev–Trinajstić information content (AvgIpc) is 3.45. The smallest absolute Gasteiger partial charge is 0.291 e. The number of aromatic nitrogens is 2. The Kier molecular flexibility index (Phi) is 6.65. The molecule has 6 heteroatoms. The maximum atomic E-state index is 13.1. The van der Waals surface area contributed by atoms with Crippen LogP contribution in [0.5, 0.6) is 5.75 Å². The molecule has 6 nitrogen and oxygen atoms in total. The number of nitrogens with one attached hydrogen (secondary N) is 1. The van der Waals surface area contributed by atoms with Gasteiger partial charge in [0.2, 0.25) is 0 Å². The van der Waals surface area contributed by atoms with Gasteiger partial charge in [-0.25, -0.2) is 10.1 Å². The van der Waals surface area contributed by atoms with Crippen LogP contribution in [0.2, 0.25) is 0 Å². The van der Waals surface area contributed by atoms with Gasteiger partial charge in [0.1, 0.15) is 5.75 Å². The molecule has 1 amide bonds. The second kappa shape index (κ2) is 10.7. The van der Waals surface area contributed by atoms with Crippen molar-refractivity contribution in [3.05, 3.63) is 138 Å². The van der Waals surface area contributed by atoms with E-state index in [1.54, 1.807) is 16.8 Å². The van der Waals surface area contributed by atoms with Gasteiger partial charge >= 0.3 is 0 Å². The minimum Gasteiger partial charge on any atom is -0.507 e. The fourth-order valence-electron chi connectivity index (χ4n) is 4.68. The number of aromatic hydroxyl groups is 1. The monoisotopic (exact) mass is 522 g/mol. The molecule has 40 heavy (non-hydrogen) atoms. The van der Waals surface area contributed by atoms with Crippen molar-refractivity contribution in [2.24, 2.45) is 5.10 Å². The number of phenols is 1. The molecule has 0 radical (unpaired) electrons. The van der Waals surface area contributed by atoms with Gasteiger partial charge in [-0.05, 0) is 53.1 Å². The SMILES string of the molecule is Cc1ccc(-n2nc(C(=O)N/N=C\c3c(O)ccc4ccccc34)cc2-c2ccc(-c3ccccc3)cc2)cc1. The Labute approximate surface area is 231 Å². The predicted octanol–water partition coefficient (Wildman–Crippen LogP) is 7.14. The lowest BCUT2D eigenvalue weighted by Crippen LogP contribution is -2.18. The molecule has 0 spiro atoms. The molecule has 1 aromatic heterocycles. The average molecular weight is 523 g/mol. The van der Waals surface area contributed by atoms with E-state index in [4.69, 9.17) is 0 Å². The van der Waals surface area contributed by atoms with Gasteiger partial charge in [0.15, 0.2) is 5.69 Å². The number of fused-ring (bicyclic) bond motifs is 1. The van der Waals surface area contributed by atoms with Crippen LogP contribution in [0, 0.1) is 6.92 Å². The maximum Gasteiger partial charge on any atom is 0.291 e. The molecule has 0 fully saturated rings. The Morgan fingerprint density at radius 1 is 0.800 bits per heavy atom. The summed E-state index contributed by atoms with van der Waals surface area (Å²) in [6.45, 7) is 2.03. The van der Waals surface area contributed by atoms with Gasteiger partial charge in [-0.1, -0.05) is 103 Å². The number of hydrazone groups is 1. The summed E-state index contributed by atoms with van der Waals surface area (Å²) in [5.41, 5.74) is 9.25. The second-order valence-electron chi connectivity index (χ2n) is 9.52. The molecule has 0 aliphatic carbocycles. The van der Waals surface area contributed by atoms with Gasteiger partial charge in [0.05, 0.1) is 17.6 Å². The summed E-state index contributed by atoms with van der Waals surface area (Å²) in [6.07, 6.45) is 1.45. The van der Waals surface area contributed by atoms with Crippen molar-refractivity contribution < 1.29 is 9.90 Å². The number of rotatable bonds is 6. The minimum absolute atomic E-state index is 0.0848. The summed E-state index contributed by atoms with van der Waals surface area (Å²) >= 11 is 0. The van der Waals surface area contributed by atoms with Gasteiger partial charge in [-0.15, -0.1) is 0 Å². The Balaban J connectivity index is 1.32. The molecule has 1 heterocycles.